The minimum Gasteiger partial charge on any atom is -0.465 e. The van der Waals surface area contributed by atoms with Gasteiger partial charge in [0.1, 0.15) is 17.4 Å². The van der Waals surface area contributed by atoms with E-state index in [4.69, 9.17) is 13.8 Å². The van der Waals surface area contributed by atoms with Crippen molar-refractivity contribution < 1.29 is 27.9 Å². The molecule has 0 aliphatic heterocycles. The molecule has 1 rings (SSSR count). The van der Waals surface area contributed by atoms with Crippen LogP contribution < -0.4 is 0 Å². The van der Waals surface area contributed by atoms with Gasteiger partial charge in [-0.15, -0.1) is 0 Å². The summed E-state index contributed by atoms with van der Waals surface area (Å²) in [5.74, 6) is -2.45. The SMILES string of the molecule is CCOC(=O)C(C(C)=O)C(c1ccccc1)P(=O)(OC)OC. The lowest BCUT2D eigenvalue weighted by molar-refractivity contribution is -0.151. The number of benzene rings is 1. The molecule has 122 valence electrons. The largest absolute Gasteiger partial charge is 0.465 e. The number of ketones is 1. The van der Waals surface area contributed by atoms with Gasteiger partial charge in [0.25, 0.3) is 0 Å². The average molecular weight is 328 g/mol. The molecule has 2 unspecified atom stereocenters. The van der Waals surface area contributed by atoms with E-state index in [1.54, 1.807) is 37.3 Å². The monoisotopic (exact) mass is 328 g/mol. The Morgan fingerprint density at radius 2 is 1.68 bits per heavy atom. The van der Waals surface area contributed by atoms with Gasteiger partial charge in [-0.05, 0) is 19.4 Å². The highest BCUT2D eigenvalue weighted by molar-refractivity contribution is 7.54. The quantitative estimate of drug-likeness (QED) is 0.415. The predicted octanol–water partition coefficient (Wildman–Crippen LogP) is 2.98. The number of rotatable bonds is 8. The summed E-state index contributed by atoms with van der Waals surface area (Å²) in [5.41, 5.74) is -0.539. The normalized spacial score (nSPS) is 14.2. The van der Waals surface area contributed by atoms with Crippen LogP contribution in [0.3, 0.4) is 0 Å². The van der Waals surface area contributed by atoms with Crippen LogP contribution in [-0.2, 0) is 27.9 Å². The Balaban J connectivity index is 3.44. The molecule has 0 radical (unpaired) electrons. The molecule has 6 nitrogen and oxygen atoms in total. The Bertz CT molecular complexity index is 548. The van der Waals surface area contributed by atoms with E-state index in [9.17, 15) is 14.2 Å². The maximum absolute atomic E-state index is 12.9. The number of hydrogen-bond acceptors (Lipinski definition) is 6. The fraction of sp³-hybridized carbons (Fsp3) is 0.467. The third-order valence-corrected chi connectivity index (χ3v) is 5.58. The summed E-state index contributed by atoms with van der Waals surface area (Å²) in [4.78, 5) is 24.2. The van der Waals surface area contributed by atoms with Gasteiger partial charge in [-0.25, -0.2) is 0 Å². The fourth-order valence-electron chi connectivity index (χ4n) is 2.26. The number of carbonyl (C=O) groups excluding carboxylic acids is 2. The van der Waals surface area contributed by atoms with Crippen LogP contribution in [0.5, 0.6) is 0 Å². The number of hydrogen-bond donors (Lipinski definition) is 0. The first-order valence-corrected chi connectivity index (χ1v) is 8.45. The van der Waals surface area contributed by atoms with Gasteiger partial charge in [0.05, 0.1) is 6.61 Å². The van der Waals surface area contributed by atoms with Crippen molar-refractivity contribution in [1.82, 2.24) is 0 Å². The zero-order valence-electron chi connectivity index (χ0n) is 13.1. The first kappa shape index (κ1) is 18.6. The first-order valence-electron chi connectivity index (χ1n) is 6.84. The Morgan fingerprint density at radius 3 is 2.09 bits per heavy atom. The van der Waals surface area contributed by atoms with Crippen LogP contribution in [-0.4, -0.2) is 32.6 Å². The van der Waals surface area contributed by atoms with Crippen LogP contribution in [0.2, 0.25) is 0 Å². The molecule has 0 bridgehead atoms. The number of Topliss-reactive ketones (excluding diaryl/α,β-unsaturated/α-hetero) is 1. The summed E-state index contributed by atoms with van der Waals surface area (Å²) in [5, 5.41) is 0. The fourth-order valence-corrected chi connectivity index (χ4v) is 4.10. The van der Waals surface area contributed by atoms with E-state index in [2.05, 4.69) is 0 Å². The molecule has 0 aliphatic carbocycles. The molecule has 2 atom stereocenters. The summed E-state index contributed by atoms with van der Waals surface area (Å²) < 4.78 is 27.9. The predicted molar refractivity (Wildman–Crippen MR) is 81.6 cm³/mol. The summed E-state index contributed by atoms with van der Waals surface area (Å²) in [7, 11) is -1.27. The standard InChI is InChI=1S/C15H21O6P/c1-5-21-15(17)13(11(2)16)14(22(18,19-3)20-4)12-9-7-6-8-10-12/h6-10,13-14H,5H2,1-4H3. The van der Waals surface area contributed by atoms with Gasteiger partial charge in [-0.1, -0.05) is 30.3 Å². The van der Waals surface area contributed by atoms with Crippen LogP contribution in [0, 0.1) is 5.92 Å². The van der Waals surface area contributed by atoms with Crippen molar-refractivity contribution in [3.63, 3.8) is 0 Å². The summed E-state index contributed by atoms with van der Waals surface area (Å²) >= 11 is 0. The maximum Gasteiger partial charge on any atom is 0.338 e. The molecule has 0 spiro atoms. The van der Waals surface area contributed by atoms with Crippen molar-refractivity contribution in [3.8, 4) is 0 Å². The van der Waals surface area contributed by atoms with Gasteiger partial charge in [0.15, 0.2) is 0 Å². The zero-order valence-corrected chi connectivity index (χ0v) is 14.0. The van der Waals surface area contributed by atoms with E-state index in [0.717, 1.165) is 0 Å². The van der Waals surface area contributed by atoms with Crippen LogP contribution in [0.25, 0.3) is 0 Å². The molecular formula is C15H21O6P. The molecular weight excluding hydrogens is 307 g/mol. The van der Waals surface area contributed by atoms with E-state index >= 15 is 0 Å². The van der Waals surface area contributed by atoms with Crippen LogP contribution >= 0.6 is 7.60 Å². The lowest BCUT2D eigenvalue weighted by atomic mass is 9.95. The Hall–Kier alpha value is -1.49. The van der Waals surface area contributed by atoms with Crippen molar-refractivity contribution in [2.45, 2.75) is 19.5 Å². The molecule has 1 aromatic rings. The van der Waals surface area contributed by atoms with E-state index < -0.39 is 30.9 Å². The molecule has 0 aliphatic rings. The second-order valence-corrected chi connectivity index (χ2v) is 6.97. The molecule has 0 amide bonds. The lowest BCUT2D eigenvalue weighted by Crippen LogP contribution is -2.31. The lowest BCUT2D eigenvalue weighted by Gasteiger charge is -2.29. The van der Waals surface area contributed by atoms with Crippen LogP contribution in [0.15, 0.2) is 30.3 Å². The van der Waals surface area contributed by atoms with Gasteiger partial charge in [-0.2, -0.15) is 0 Å². The zero-order chi connectivity index (χ0) is 16.8. The molecule has 7 heteroatoms. The van der Waals surface area contributed by atoms with Gasteiger partial charge >= 0.3 is 13.6 Å². The topological polar surface area (TPSA) is 78.9 Å². The average Bonchev–Trinajstić information content (AvgIpc) is 2.52. The number of carbonyl (C=O) groups is 2. The molecule has 22 heavy (non-hydrogen) atoms. The third kappa shape index (κ3) is 4.03. The van der Waals surface area contributed by atoms with Gasteiger partial charge in [0, 0.05) is 14.2 Å². The van der Waals surface area contributed by atoms with Crippen molar-refractivity contribution in [3.05, 3.63) is 35.9 Å². The van der Waals surface area contributed by atoms with E-state index in [1.807, 2.05) is 0 Å². The second kappa shape index (κ2) is 8.22. The highest BCUT2D eigenvalue weighted by Gasteiger charge is 2.47. The highest BCUT2D eigenvalue weighted by Crippen LogP contribution is 2.63. The summed E-state index contributed by atoms with van der Waals surface area (Å²) in [6.07, 6.45) is 0. The summed E-state index contributed by atoms with van der Waals surface area (Å²) in [6, 6.07) is 8.56. The molecule has 0 heterocycles. The highest BCUT2D eigenvalue weighted by atomic mass is 31.2. The third-order valence-electron chi connectivity index (χ3n) is 3.28. The van der Waals surface area contributed by atoms with Crippen molar-refractivity contribution >= 4 is 19.3 Å². The van der Waals surface area contributed by atoms with Crippen molar-refractivity contribution in [2.75, 3.05) is 20.8 Å². The number of ether oxygens (including phenoxy) is 1. The minimum atomic E-state index is -3.72. The van der Waals surface area contributed by atoms with Crippen LogP contribution in [0.1, 0.15) is 25.1 Å². The van der Waals surface area contributed by atoms with Gasteiger partial charge < -0.3 is 13.8 Å². The van der Waals surface area contributed by atoms with E-state index in [1.165, 1.54) is 21.1 Å². The molecule has 0 saturated carbocycles. The Morgan fingerprint density at radius 1 is 1.14 bits per heavy atom. The van der Waals surface area contributed by atoms with Gasteiger partial charge in [-0.3, -0.25) is 14.2 Å². The Labute approximate surface area is 130 Å². The van der Waals surface area contributed by atoms with Crippen LogP contribution in [0.4, 0.5) is 0 Å². The summed E-state index contributed by atoms with van der Waals surface area (Å²) in [6.45, 7) is 3.01. The molecule has 0 N–H and O–H groups in total. The molecule has 0 saturated heterocycles. The molecule has 0 fully saturated rings. The second-order valence-electron chi connectivity index (χ2n) is 4.60. The molecule has 0 aromatic heterocycles. The minimum absolute atomic E-state index is 0.119. The Kier molecular flexibility index (Phi) is 6.94. The van der Waals surface area contributed by atoms with E-state index in [0.29, 0.717) is 5.56 Å². The van der Waals surface area contributed by atoms with Crippen molar-refractivity contribution in [2.24, 2.45) is 5.92 Å². The van der Waals surface area contributed by atoms with E-state index in [-0.39, 0.29) is 6.61 Å². The van der Waals surface area contributed by atoms with Crippen molar-refractivity contribution in [1.29, 1.82) is 0 Å². The smallest absolute Gasteiger partial charge is 0.338 e. The van der Waals surface area contributed by atoms with Gasteiger partial charge in [0.2, 0.25) is 0 Å². The maximum atomic E-state index is 12.9. The first-order chi connectivity index (χ1) is 10.4. The number of esters is 1. The molecule has 1 aromatic carbocycles.